The zero-order valence-electron chi connectivity index (χ0n) is 18.2. The van der Waals surface area contributed by atoms with Crippen molar-refractivity contribution in [2.75, 3.05) is 11.5 Å². The van der Waals surface area contributed by atoms with Crippen LogP contribution in [0.25, 0.3) is 21.9 Å². The first kappa shape index (κ1) is 22.9. The van der Waals surface area contributed by atoms with Crippen molar-refractivity contribution in [3.05, 3.63) is 45.0 Å². The number of thioether (sulfide) groups is 1. The lowest BCUT2D eigenvalue weighted by molar-refractivity contribution is -0.141. The monoisotopic (exact) mass is 445 g/mol. The minimum Gasteiger partial charge on any atom is -0.480 e. The molecule has 2 heterocycles. The summed E-state index contributed by atoms with van der Waals surface area (Å²) in [4.78, 5) is 36.3. The van der Waals surface area contributed by atoms with E-state index in [2.05, 4.69) is 5.32 Å². The quantitative estimate of drug-likeness (QED) is 0.377. The summed E-state index contributed by atoms with van der Waals surface area (Å²) < 4.78 is 11.2. The summed E-state index contributed by atoms with van der Waals surface area (Å²) in [6, 6.07) is 2.74. The number of carboxylic acid groups (broad SMARTS) is 1. The van der Waals surface area contributed by atoms with Crippen molar-refractivity contribution < 1.29 is 23.5 Å². The first-order chi connectivity index (χ1) is 14.7. The summed E-state index contributed by atoms with van der Waals surface area (Å²) in [5.41, 5.74) is 2.83. The fourth-order valence-electron chi connectivity index (χ4n) is 3.62. The Labute approximate surface area is 184 Å². The Hall–Kier alpha value is -2.74. The molecule has 0 aliphatic carbocycles. The van der Waals surface area contributed by atoms with Gasteiger partial charge in [0.15, 0.2) is 0 Å². The molecule has 0 saturated heterocycles. The number of fused-ring (bicyclic) bond motifs is 2. The standard InChI is InChI=1S/C23H27NO6S/c1-5-31-9-8-18(22(26)27)24-21(25)7-6-15-13(3)17-10-16-12(2)14(4)29-19(16)11-20(17)30-23(15)28/h10-11,18H,5-9H2,1-4H3,(H,24,25)(H,26,27)/t18-/m1/s1. The summed E-state index contributed by atoms with van der Waals surface area (Å²) >= 11 is 1.62. The molecule has 0 spiro atoms. The van der Waals surface area contributed by atoms with E-state index >= 15 is 0 Å². The van der Waals surface area contributed by atoms with Gasteiger partial charge in [0.05, 0.1) is 0 Å². The average Bonchev–Trinajstić information content (AvgIpc) is 2.99. The Bertz CT molecular complexity index is 1190. The van der Waals surface area contributed by atoms with Crippen molar-refractivity contribution >= 4 is 45.6 Å². The Morgan fingerprint density at radius 2 is 1.77 bits per heavy atom. The molecule has 166 valence electrons. The normalized spacial score (nSPS) is 12.4. The highest BCUT2D eigenvalue weighted by Crippen LogP contribution is 2.31. The molecule has 0 saturated carbocycles. The van der Waals surface area contributed by atoms with Gasteiger partial charge in [-0.05, 0) is 62.3 Å². The molecule has 2 N–H and O–H groups in total. The van der Waals surface area contributed by atoms with Crippen LogP contribution in [0.1, 0.15) is 42.2 Å². The van der Waals surface area contributed by atoms with Crippen LogP contribution in [0.2, 0.25) is 0 Å². The van der Waals surface area contributed by atoms with Crippen molar-refractivity contribution in [1.29, 1.82) is 0 Å². The summed E-state index contributed by atoms with van der Waals surface area (Å²) in [5, 5.41) is 13.6. The van der Waals surface area contributed by atoms with Gasteiger partial charge in [-0.2, -0.15) is 11.8 Å². The number of carbonyl (C=O) groups is 2. The van der Waals surface area contributed by atoms with Gasteiger partial charge in [-0.3, -0.25) is 4.79 Å². The fourth-order valence-corrected chi connectivity index (χ4v) is 4.31. The summed E-state index contributed by atoms with van der Waals surface area (Å²) in [5.74, 6) is 0.905. The minimum absolute atomic E-state index is 0.00784. The molecule has 1 amide bonds. The molecule has 0 bridgehead atoms. The topological polar surface area (TPSA) is 110 Å². The van der Waals surface area contributed by atoms with Crippen LogP contribution in [0.15, 0.2) is 25.8 Å². The lowest BCUT2D eigenvalue weighted by atomic mass is 10.00. The number of benzene rings is 1. The summed E-state index contributed by atoms with van der Waals surface area (Å²) in [7, 11) is 0. The largest absolute Gasteiger partial charge is 0.480 e. The molecular formula is C23H27NO6S. The molecule has 31 heavy (non-hydrogen) atoms. The van der Waals surface area contributed by atoms with Gasteiger partial charge in [-0.1, -0.05) is 6.92 Å². The molecule has 0 radical (unpaired) electrons. The Balaban J connectivity index is 1.80. The number of rotatable bonds is 9. The van der Waals surface area contributed by atoms with Gasteiger partial charge >= 0.3 is 11.6 Å². The van der Waals surface area contributed by atoms with Gasteiger partial charge in [0, 0.05) is 28.8 Å². The predicted molar refractivity (Wildman–Crippen MR) is 122 cm³/mol. The van der Waals surface area contributed by atoms with E-state index in [0.717, 1.165) is 33.4 Å². The van der Waals surface area contributed by atoms with E-state index in [4.69, 9.17) is 8.83 Å². The molecule has 7 nitrogen and oxygen atoms in total. The number of furan rings is 1. The van der Waals surface area contributed by atoms with E-state index in [-0.39, 0.29) is 12.8 Å². The van der Waals surface area contributed by atoms with Crippen molar-refractivity contribution in [2.24, 2.45) is 0 Å². The highest BCUT2D eigenvalue weighted by molar-refractivity contribution is 7.99. The first-order valence-electron chi connectivity index (χ1n) is 10.3. The maximum atomic E-state index is 12.6. The van der Waals surface area contributed by atoms with Gasteiger partial charge in [0.1, 0.15) is 23.0 Å². The molecule has 0 fully saturated rings. The van der Waals surface area contributed by atoms with Crippen molar-refractivity contribution in [2.45, 2.75) is 53.0 Å². The molecule has 1 aromatic carbocycles. The number of carbonyl (C=O) groups excluding carboxylic acids is 1. The van der Waals surface area contributed by atoms with Gasteiger partial charge < -0.3 is 19.3 Å². The Morgan fingerprint density at radius 1 is 1.10 bits per heavy atom. The van der Waals surface area contributed by atoms with E-state index in [9.17, 15) is 19.5 Å². The van der Waals surface area contributed by atoms with E-state index in [1.807, 2.05) is 33.8 Å². The minimum atomic E-state index is -1.05. The number of aliphatic carboxylic acids is 1. The van der Waals surface area contributed by atoms with Crippen molar-refractivity contribution in [1.82, 2.24) is 5.32 Å². The molecule has 3 aromatic rings. The van der Waals surface area contributed by atoms with Crippen LogP contribution in [0.5, 0.6) is 0 Å². The van der Waals surface area contributed by atoms with Crippen LogP contribution in [-0.2, 0) is 16.0 Å². The maximum Gasteiger partial charge on any atom is 0.339 e. The highest BCUT2D eigenvalue weighted by atomic mass is 32.2. The van der Waals surface area contributed by atoms with E-state index < -0.39 is 23.5 Å². The van der Waals surface area contributed by atoms with E-state index in [1.165, 1.54) is 0 Å². The smallest absolute Gasteiger partial charge is 0.339 e. The average molecular weight is 446 g/mol. The molecule has 8 heteroatoms. The third-order valence-corrected chi connectivity index (χ3v) is 6.51. The molecule has 1 atom stereocenters. The number of aryl methyl sites for hydroxylation is 3. The van der Waals surface area contributed by atoms with Crippen molar-refractivity contribution in [3.63, 3.8) is 0 Å². The second kappa shape index (κ2) is 9.60. The lowest BCUT2D eigenvalue weighted by Gasteiger charge is -2.14. The Kier molecular flexibility index (Phi) is 7.10. The second-order valence-electron chi connectivity index (χ2n) is 7.56. The molecule has 0 unspecified atom stereocenters. The molecule has 0 aliphatic heterocycles. The van der Waals surface area contributed by atoms with Crippen molar-refractivity contribution in [3.8, 4) is 0 Å². The van der Waals surface area contributed by atoms with Gasteiger partial charge in [-0.15, -0.1) is 0 Å². The Morgan fingerprint density at radius 3 is 2.45 bits per heavy atom. The predicted octanol–water partition coefficient (Wildman–Crippen LogP) is 4.11. The number of hydrogen-bond donors (Lipinski definition) is 2. The van der Waals surface area contributed by atoms with Crippen LogP contribution in [0, 0.1) is 20.8 Å². The van der Waals surface area contributed by atoms with Crippen LogP contribution in [0.4, 0.5) is 0 Å². The maximum absolute atomic E-state index is 12.6. The third-order valence-electron chi connectivity index (χ3n) is 5.57. The number of hydrogen-bond acceptors (Lipinski definition) is 6. The SMILES string of the molecule is CCSCC[C@@H](NC(=O)CCc1c(C)c2cc3c(C)c(C)oc3cc2oc1=O)C(=O)O. The van der Waals surface area contributed by atoms with Crippen LogP contribution in [-0.4, -0.2) is 34.5 Å². The first-order valence-corrected chi connectivity index (χ1v) is 11.4. The van der Waals surface area contributed by atoms with E-state index in [0.29, 0.717) is 28.9 Å². The molecular weight excluding hydrogens is 418 g/mol. The second-order valence-corrected chi connectivity index (χ2v) is 8.96. The van der Waals surface area contributed by atoms with Gasteiger partial charge in [-0.25, -0.2) is 9.59 Å². The van der Waals surface area contributed by atoms with Crippen LogP contribution < -0.4 is 10.9 Å². The zero-order valence-corrected chi connectivity index (χ0v) is 19.0. The number of amides is 1. The van der Waals surface area contributed by atoms with E-state index in [1.54, 1.807) is 17.8 Å². The number of nitrogens with one attached hydrogen (secondary N) is 1. The highest BCUT2D eigenvalue weighted by Gasteiger charge is 2.21. The molecule has 2 aromatic heterocycles. The number of carboxylic acids is 1. The van der Waals surface area contributed by atoms with Gasteiger partial charge in [0.2, 0.25) is 5.91 Å². The van der Waals surface area contributed by atoms with Gasteiger partial charge in [0.25, 0.3) is 0 Å². The third kappa shape index (κ3) is 4.95. The molecule has 3 rings (SSSR count). The summed E-state index contributed by atoms with van der Waals surface area (Å²) in [6.45, 7) is 7.70. The lowest BCUT2D eigenvalue weighted by Crippen LogP contribution is -2.41. The van der Waals surface area contributed by atoms with Crippen LogP contribution in [0.3, 0.4) is 0 Å². The van der Waals surface area contributed by atoms with Crippen LogP contribution >= 0.6 is 11.8 Å². The zero-order chi connectivity index (χ0) is 22.7. The summed E-state index contributed by atoms with van der Waals surface area (Å²) in [6.07, 6.45) is 0.539. The molecule has 0 aliphatic rings. The fraction of sp³-hybridized carbons (Fsp3) is 0.435.